The molecule has 0 aliphatic rings. The molecule has 0 aromatic heterocycles. The zero-order chi connectivity index (χ0) is 46.1. The maximum Gasteiger partial charge on any atom is 2.00 e. The van der Waals surface area contributed by atoms with Crippen molar-refractivity contribution in [2.45, 2.75) is 196 Å². The van der Waals surface area contributed by atoms with Gasteiger partial charge in [0.1, 0.15) is 0 Å². The fourth-order valence-corrected chi connectivity index (χ4v) is 7.81. The molecule has 2 nitrogen and oxygen atoms in total. The first-order valence-corrected chi connectivity index (χ1v) is 25.7. The fraction of sp³-hybridized carbons (Fsp3) is 0.484. The van der Waals surface area contributed by atoms with Gasteiger partial charge < -0.3 is 5.53 Å². The average Bonchev–Trinajstić information content (AvgIpc) is 3.33. The molecule has 4 rings (SSSR count). The van der Waals surface area contributed by atoms with Crippen LogP contribution in [0.4, 0.5) is 0 Å². The van der Waals surface area contributed by atoms with Gasteiger partial charge in [-0.1, -0.05) is 161 Å². The first-order chi connectivity index (χ1) is 31.5. The molecular weight excluding hydrogens is 831 g/mol. The smallest absolute Gasteiger partial charge is 0.348 e. The van der Waals surface area contributed by atoms with Crippen LogP contribution < -0.4 is 0 Å². The van der Waals surface area contributed by atoms with Crippen molar-refractivity contribution in [3.8, 4) is 0 Å². The molecule has 0 bridgehead atoms. The maximum absolute atomic E-state index is 9.93. The number of unbranched alkanes of at least 4 members (excludes halogenated alkanes) is 14. The predicted molar refractivity (Wildman–Crippen MR) is 283 cm³/mol. The van der Waals surface area contributed by atoms with Gasteiger partial charge in [-0.2, -0.15) is 72.8 Å². The topological polar surface area (TPSA) is 36.4 Å². The van der Waals surface area contributed by atoms with Crippen molar-refractivity contribution < 1.29 is 21.3 Å². The van der Waals surface area contributed by atoms with Crippen LogP contribution in [-0.4, -0.2) is 10.7 Å². The van der Waals surface area contributed by atoms with E-state index in [1.807, 2.05) is 60.7 Å². The average molecular weight is 918 g/mol. The maximum atomic E-state index is 9.93. The predicted octanol–water partition coefficient (Wildman–Crippen LogP) is 19.1. The van der Waals surface area contributed by atoms with Gasteiger partial charge in [-0.15, -0.1) is 4.79 Å². The first-order valence-electron chi connectivity index (χ1n) is 25.7. The normalized spacial score (nSPS) is 11.1. The van der Waals surface area contributed by atoms with E-state index in [0.717, 1.165) is 69.8 Å². The van der Waals surface area contributed by atoms with E-state index >= 15 is 0 Å². The number of hydrogen-bond acceptors (Lipinski definition) is 0. The van der Waals surface area contributed by atoms with Crippen molar-refractivity contribution in [1.29, 1.82) is 0 Å². The van der Waals surface area contributed by atoms with Crippen molar-refractivity contribution in [1.82, 2.24) is 0 Å². The summed E-state index contributed by atoms with van der Waals surface area (Å²) in [5.41, 5.74) is 21.6. The van der Waals surface area contributed by atoms with Gasteiger partial charge in [0.2, 0.25) is 0 Å². The number of nitrogens with zero attached hydrogens (tertiary/aromatic N) is 2. The van der Waals surface area contributed by atoms with Gasteiger partial charge in [-0.3, -0.25) is 0 Å². The van der Waals surface area contributed by atoms with E-state index in [0.29, 0.717) is 0 Å². The largest absolute Gasteiger partial charge is 2.00 e. The van der Waals surface area contributed by atoms with Crippen LogP contribution in [-0.2, 0) is 29.3 Å². The molecule has 3 heteroatoms. The van der Waals surface area contributed by atoms with Gasteiger partial charge in [0.25, 0.3) is 0 Å². The fourth-order valence-electron chi connectivity index (χ4n) is 7.81. The molecule has 0 radical (unpaired) electrons. The van der Waals surface area contributed by atoms with Gasteiger partial charge in [0, 0.05) is 0 Å². The summed E-state index contributed by atoms with van der Waals surface area (Å²) in [6.07, 6.45) is 37.9. The minimum atomic E-state index is 0. The van der Waals surface area contributed by atoms with Gasteiger partial charge in [-0.05, 0) is 140 Å². The summed E-state index contributed by atoms with van der Waals surface area (Å²) in [6.45, 7) is 13.7. The molecule has 65 heavy (non-hydrogen) atoms. The van der Waals surface area contributed by atoms with Crippen LogP contribution in [0.3, 0.4) is 0 Å². The van der Waals surface area contributed by atoms with E-state index in [9.17, 15) is 5.53 Å². The van der Waals surface area contributed by atoms with Crippen LogP contribution in [0.25, 0.3) is 23.3 Å². The minimum absolute atomic E-state index is 0. The van der Waals surface area contributed by atoms with Crippen LogP contribution in [0.2, 0.25) is 0 Å². The Balaban J connectivity index is 0.00000139. The molecule has 0 N–H and O–H groups in total. The zero-order valence-electron chi connectivity index (χ0n) is 41.7. The van der Waals surface area contributed by atoms with Crippen LogP contribution in [0.5, 0.6) is 0 Å². The summed E-state index contributed by atoms with van der Waals surface area (Å²) in [6, 6.07) is 39.6. The van der Waals surface area contributed by atoms with E-state index in [-0.39, 0.29) is 16.5 Å². The summed E-state index contributed by atoms with van der Waals surface area (Å²) < 4.78 is 0. The summed E-state index contributed by atoms with van der Waals surface area (Å²) in [4.78, 5) is 3.55. The van der Waals surface area contributed by atoms with Crippen LogP contribution >= 0.6 is 0 Å². The van der Waals surface area contributed by atoms with Gasteiger partial charge >= 0.3 is 22.4 Å². The summed E-state index contributed by atoms with van der Waals surface area (Å²) >= 11 is 0. The van der Waals surface area contributed by atoms with Crippen LogP contribution in [0.1, 0.15) is 216 Å². The Labute approximate surface area is 409 Å². The molecule has 354 valence electrons. The second-order valence-electron chi connectivity index (χ2n) is 17.2. The molecule has 0 spiro atoms. The Kier molecular flexibility index (Phi) is 37.3. The van der Waals surface area contributed by atoms with Crippen LogP contribution in [0.15, 0.2) is 120 Å². The van der Waals surface area contributed by atoms with E-state index in [4.69, 9.17) is 0 Å². The van der Waals surface area contributed by atoms with Gasteiger partial charge in [0.15, 0.2) is 0 Å². The number of hydrogen-bond donors (Lipinski definition) is 0. The Morgan fingerprint density at radius 3 is 1.32 bits per heavy atom. The quantitative estimate of drug-likeness (QED) is 0.00990. The molecule has 0 fully saturated rings. The van der Waals surface area contributed by atoms with Crippen molar-refractivity contribution in [3.63, 3.8) is 0 Å². The zero-order valence-corrected chi connectivity index (χ0v) is 42.7. The third-order valence-electron chi connectivity index (χ3n) is 11.4. The minimum Gasteiger partial charge on any atom is -0.348 e. The molecule has 0 aliphatic carbocycles. The monoisotopic (exact) mass is 917 g/mol. The van der Waals surface area contributed by atoms with Crippen molar-refractivity contribution in [2.75, 3.05) is 0 Å². The number of allylic oxidation sites excluding steroid dienone is 4. The van der Waals surface area contributed by atoms with E-state index < -0.39 is 0 Å². The summed E-state index contributed by atoms with van der Waals surface area (Å²) in [7, 11) is 0. The van der Waals surface area contributed by atoms with Crippen molar-refractivity contribution in [3.05, 3.63) is 171 Å². The summed E-state index contributed by atoms with van der Waals surface area (Å²) in [5, 5.41) is 0. The Bertz CT molecular complexity index is 1770. The second-order valence-corrected chi connectivity index (χ2v) is 17.2. The molecule has 0 atom stereocenters. The summed E-state index contributed by atoms with van der Waals surface area (Å²) in [5.74, 6) is 3.11. The number of rotatable bonds is 29. The van der Waals surface area contributed by atoms with Crippen molar-refractivity contribution >= 4 is 23.6 Å². The first kappa shape index (κ1) is 58.8. The Morgan fingerprint density at radius 1 is 0.492 bits per heavy atom. The Morgan fingerprint density at radius 2 is 0.923 bits per heavy atom. The van der Waals surface area contributed by atoms with E-state index in [2.05, 4.69) is 125 Å². The molecule has 0 amide bonds. The molecule has 0 aliphatic heterocycles. The molecule has 0 heterocycles. The Hall–Kier alpha value is -4.25. The third kappa shape index (κ3) is 27.7. The molecule has 4 aromatic carbocycles. The SMILES string of the molecule is CCCCCCCC=Cc1cc(C=CCCCCCCC)cc(C(=C(CCCC)C(=C=[N+]=[N-])CCCC)c2cc(CCCC)cc(CCCC)c2)c1.[Ni+2].[c-]1ccccc1.[c-]1ccccc1. The van der Waals surface area contributed by atoms with Gasteiger partial charge in [0.05, 0.1) is 5.57 Å². The third-order valence-corrected chi connectivity index (χ3v) is 11.4. The second kappa shape index (κ2) is 41.2. The number of benzene rings is 4. The number of aryl methyl sites for hydroxylation is 2. The van der Waals surface area contributed by atoms with Crippen LogP contribution in [0, 0.1) is 12.1 Å². The van der Waals surface area contributed by atoms with Gasteiger partial charge in [-0.25, -0.2) is 0 Å². The van der Waals surface area contributed by atoms with E-state index in [1.165, 1.54) is 134 Å². The molecule has 0 saturated carbocycles. The molecule has 0 unspecified atom stereocenters. The standard InChI is InChI=1S/C50H76N2.2C6H5.Ni/c1-7-13-19-21-23-25-27-31-44-36-45(32-28-26-24-22-20-14-8-2)40-48(39-44)50(49(34-18-12-6)46(41-52-51)33-17-11-5)47-37-42(29-15-9-3)35-43(38-47)30-16-10-4;2*1-2-4-6-5-3-1;/h27-28,31-32,35-40H,7-26,29-30,33-34H2,1-6H3;2*1-5H;/q;2*-1;+2. The molecule has 4 aromatic rings. The van der Waals surface area contributed by atoms with E-state index in [1.54, 1.807) is 0 Å². The molecular formula is C62H86N2Ni. The van der Waals surface area contributed by atoms with Crippen molar-refractivity contribution in [2.24, 2.45) is 0 Å². The molecule has 0 saturated heterocycles.